The second kappa shape index (κ2) is 7.92. The standard InChI is InChI=1S/C18H17BrO4/c1-3-22-18(21)10-13-9-16(6-4-12(13)2)23-17-7-5-15(19)8-14(17)11-20/h4-9,11H,3,10H2,1-2H3. The Morgan fingerprint density at radius 3 is 2.70 bits per heavy atom. The lowest BCUT2D eigenvalue weighted by molar-refractivity contribution is -0.142. The number of carbonyl (C=O) groups excluding carboxylic acids is 2. The molecule has 0 fully saturated rings. The van der Waals surface area contributed by atoms with Crippen LogP contribution in [0, 0.1) is 6.92 Å². The van der Waals surface area contributed by atoms with Gasteiger partial charge >= 0.3 is 5.97 Å². The Morgan fingerprint density at radius 2 is 2.00 bits per heavy atom. The minimum Gasteiger partial charge on any atom is -0.466 e. The van der Waals surface area contributed by atoms with E-state index in [0.29, 0.717) is 23.7 Å². The second-order valence-electron chi connectivity index (χ2n) is 4.97. The summed E-state index contributed by atoms with van der Waals surface area (Å²) in [6, 6.07) is 10.7. The predicted octanol–water partition coefficient (Wildman–Crippen LogP) is 4.47. The van der Waals surface area contributed by atoms with Gasteiger partial charge in [0.25, 0.3) is 0 Å². The fraction of sp³-hybridized carbons (Fsp3) is 0.222. The molecule has 0 radical (unpaired) electrons. The van der Waals surface area contributed by atoms with E-state index in [-0.39, 0.29) is 12.4 Å². The molecule has 2 aromatic carbocycles. The Kier molecular flexibility index (Phi) is 5.93. The number of hydrogen-bond donors (Lipinski definition) is 0. The number of carbonyl (C=O) groups is 2. The van der Waals surface area contributed by atoms with Crippen molar-refractivity contribution in [3.05, 3.63) is 57.6 Å². The zero-order chi connectivity index (χ0) is 16.8. The second-order valence-corrected chi connectivity index (χ2v) is 5.89. The fourth-order valence-corrected chi connectivity index (χ4v) is 2.48. The van der Waals surface area contributed by atoms with Crippen LogP contribution < -0.4 is 4.74 Å². The summed E-state index contributed by atoms with van der Waals surface area (Å²) in [4.78, 5) is 22.8. The van der Waals surface area contributed by atoms with Crippen molar-refractivity contribution in [2.75, 3.05) is 6.61 Å². The van der Waals surface area contributed by atoms with Gasteiger partial charge in [-0.3, -0.25) is 9.59 Å². The molecule has 120 valence electrons. The summed E-state index contributed by atoms with van der Waals surface area (Å²) in [6.07, 6.45) is 0.936. The quantitative estimate of drug-likeness (QED) is 0.551. The van der Waals surface area contributed by atoms with Crippen LogP contribution in [0.3, 0.4) is 0 Å². The topological polar surface area (TPSA) is 52.6 Å². The third-order valence-corrected chi connectivity index (χ3v) is 3.78. The van der Waals surface area contributed by atoms with Gasteiger partial charge in [-0.15, -0.1) is 0 Å². The van der Waals surface area contributed by atoms with Crippen LogP contribution in [0.5, 0.6) is 11.5 Å². The zero-order valence-corrected chi connectivity index (χ0v) is 14.6. The maximum absolute atomic E-state index is 11.7. The third-order valence-electron chi connectivity index (χ3n) is 3.29. The van der Waals surface area contributed by atoms with Gasteiger partial charge in [0.1, 0.15) is 11.5 Å². The van der Waals surface area contributed by atoms with Crippen molar-refractivity contribution < 1.29 is 19.1 Å². The van der Waals surface area contributed by atoms with Crippen molar-refractivity contribution in [1.29, 1.82) is 0 Å². The lowest BCUT2D eigenvalue weighted by Crippen LogP contribution is -2.08. The Balaban J connectivity index is 2.24. The average molecular weight is 377 g/mol. The summed E-state index contributed by atoms with van der Waals surface area (Å²) >= 11 is 3.32. The smallest absolute Gasteiger partial charge is 0.310 e. The number of aryl methyl sites for hydroxylation is 1. The molecule has 0 aliphatic rings. The molecule has 0 saturated carbocycles. The minimum absolute atomic E-state index is 0.192. The van der Waals surface area contributed by atoms with Crippen molar-refractivity contribution in [3.8, 4) is 11.5 Å². The van der Waals surface area contributed by atoms with E-state index in [4.69, 9.17) is 9.47 Å². The first-order valence-corrected chi connectivity index (χ1v) is 8.00. The van der Waals surface area contributed by atoms with Crippen LogP contribution in [0.25, 0.3) is 0 Å². The van der Waals surface area contributed by atoms with Gasteiger partial charge in [0, 0.05) is 4.47 Å². The molecule has 23 heavy (non-hydrogen) atoms. The first kappa shape index (κ1) is 17.2. The molecule has 0 spiro atoms. The number of rotatable bonds is 6. The Labute approximate surface area is 143 Å². The van der Waals surface area contributed by atoms with Gasteiger partial charge in [-0.25, -0.2) is 0 Å². The van der Waals surface area contributed by atoms with Gasteiger partial charge in [-0.2, -0.15) is 0 Å². The highest BCUT2D eigenvalue weighted by molar-refractivity contribution is 9.10. The van der Waals surface area contributed by atoms with Crippen LogP contribution >= 0.6 is 15.9 Å². The van der Waals surface area contributed by atoms with Crippen LogP contribution in [0.4, 0.5) is 0 Å². The fourth-order valence-electron chi connectivity index (χ4n) is 2.10. The highest BCUT2D eigenvalue weighted by Crippen LogP contribution is 2.28. The van der Waals surface area contributed by atoms with E-state index in [2.05, 4.69) is 15.9 Å². The Hall–Kier alpha value is -2.14. The summed E-state index contributed by atoms with van der Waals surface area (Å²) in [5.74, 6) is 0.763. The minimum atomic E-state index is -0.273. The number of aldehydes is 1. The number of ether oxygens (including phenoxy) is 2. The lowest BCUT2D eigenvalue weighted by Gasteiger charge is -2.11. The number of hydrogen-bond acceptors (Lipinski definition) is 4. The molecule has 0 atom stereocenters. The van der Waals surface area contributed by atoms with E-state index < -0.39 is 0 Å². The van der Waals surface area contributed by atoms with E-state index in [1.807, 2.05) is 13.0 Å². The van der Waals surface area contributed by atoms with Crippen LogP contribution in [0.2, 0.25) is 0 Å². The van der Waals surface area contributed by atoms with E-state index in [0.717, 1.165) is 21.9 Å². The molecule has 0 aliphatic carbocycles. The summed E-state index contributed by atoms with van der Waals surface area (Å²) in [5.41, 5.74) is 2.27. The van der Waals surface area contributed by atoms with Crippen LogP contribution in [0.15, 0.2) is 40.9 Å². The molecular formula is C18H17BrO4. The van der Waals surface area contributed by atoms with Gasteiger partial charge in [0.2, 0.25) is 0 Å². The molecule has 0 N–H and O–H groups in total. The SMILES string of the molecule is CCOC(=O)Cc1cc(Oc2ccc(Br)cc2C=O)ccc1C. The molecule has 0 saturated heterocycles. The number of benzene rings is 2. The predicted molar refractivity (Wildman–Crippen MR) is 91.1 cm³/mol. The lowest BCUT2D eigenvalue weighted by atomic mass is 10.1. The van der Waals surface area contributed by atoms with Crippen LogP contribution in [-0.4, -0.2) is 18.9 Å². The van der Waals surface area contributed by atoms with Crippen molar-refractivity contribution >= 4 is 28.2 Å². The summed E-state index contributed by atoms with van der Waals surface area (Å²) in [7, 11) is 0. The van der Waals surface area contributed by atoms with Crippen molar-refractivity contribution in [2.45, 2.75) is 20.3 Å². The first-order chi connectivity index (χ1) is 11.0. The molecular weight excluding hydrogens is 360 g/mol. The van der Waals surface area contributed by atoms with Gasteiger partial charge in [0.05, 0.1) is 18.6 Å². The molecule has 0 aliphatic heterocycles. The maximum atomic E-state index is 11.7. The van der Waals surface area contributed by atoms with Gasteiger partial charge < -0.3 is 9.47 Å². The van der Waals surface area contributed by atoms with E-state index in [1.165, 1.54) is 0 Å². The monoisotopic (exact) mass is 376 g/mol. The van der Waals surface area contributed by atoms with Crippen LogP contribution in [0.1, 0.15) is 28.4 Å². The van der Waals surface area contributed by atoms with Gasteiger partial charge in [-0.1, -0.05) is 22.0 Å². The molecule has 2 aromatic rings. The zero-order valence-electron chi connectivity index (χ0n) is 13.0. The highest BCUT2D eigenvalue weighted by atomic mass is 79.9. The summed E-state index contributed by atoms with van der Waals surface area (Å²) in [6.45, 7) is 4.06. The largest absolute Gasteiger partial charge is 0.466 e. The highest BCUT2D eigenvalue weighted by Gasteiger charge is 2.10. The average Bonchev–Trinajstić information content (AvgIpc) is 2.52. The van der Waals surface area contributed by atoms with Crippen molar-refractivity contribution in [1.82, 2.24) is 0 Å². The molecule has 0 amide bonds. The number of esters is 1. The molecule has 0 heterocycles. The number of halogens is 1. The first-order valence-electron chi connectivity index (χ1n) is 7.21. The molecule has 0 unspecified atom stereocenters. The molecule has 5 heteroatoms. The Morgan fingerprint density at radius 1 is 1.22 bits per heavy atom. The molecule has 0 aromatic heterocycles. The van der Waals surface area contributed by atoms with Gasteiger partial charge in [0.15, 0.2) is 6.29 Å². The normalized spacial score (nSPS) is 10.2. The molecule has 2 rings (SSSR count). The van der Waals surface area contributed by atoms with Crippen molar-refractivity contribution in [3.63, 3.8) is 0 Å². The Bertz CT molecular complexity index is 725. The van der Waals surface area contributed by atoms with E-state index in [9.17, 15) is 9.59 Å². The third kappa shape index (κ3) is 4.66. The summed E-state index contributed by atoms with van der Waals surface area (Å²) < 4.78 is 11.6. The maximum Gasteiger partial charge on any atom is 0.310 e. The van der Waals surface area contributed by atoms with E-state index >= 15 is 0 Å². The summed E-state index contributed by atoms with van der Waals surface area (Å²) in [5, 5.41) is 0. The van der Waals surface area contributed by atoms with Crippen LogP contribution in [-0.2, 0) is 16.0 Å². The molecule has 0 bridgehead atoms. The van der Waals surface area contributed by atoms with Gasteiger partial charge in [-0.05, 0) is 55.3 Å². The molecule has 4 nitrogen and oxygen atoms in total. The van der Waals surface area contributed by atoms with E-state index in [1.54, 1.807) is 37.3 Å². The van der Waals surface area contributed by atoms with Crippen molar-refractivity contribution in [2.24, 2.45) is 0 Å².